The van der Waals surface area contributed by atoms with Crippen LogP contribution in [-0.4, -0.2) is 71.4 Å². The summed E-state index contributed by atoms with van der Waals surface area (Å²) in [5, 5.41) is 28.5. The summed E-state index contributed by atoms with van der Waals surface area (Å²) in [7, 11) is -18.8. The van der Waals surface area contributed by atoms with Crippen LogP contribution < -0.4 is 5.73 Å². The van der Waals surface area contributed by atoms with Crippen molar-refractivity contribution in [2.45, 2.75) is 32.9 Å². The molecule has 0 radical (unpaired) electrons. The zero-order chi connectivity index (χ0) is 39.9. The van der Waals surface area contributed by atoms with Gasteiger partial charge in [0.1, 0.15) is 26.9 Å². The molecule has 0 aliphatic carbocycles. The number of fused-ring (bicyclic) bond motifs is 1. The predicted molar refractivity (Wildman–Crippen MR) is 191 cm³/mol. The lowest BCUT2D eigenvalue weighted by molar-refractivity contribution is -0.135. The van der Waals surface area contributed by atoms with Gasteiger partial charge in [0, 0.05) is 34.1 Å². The van der Waals surface area contributed by atoms with Crippen LogP contribution in [0.4, 0.5) is 28.4 Å². The number of azo groups is 2. The van der Waals surface area contributed by atoms with Crippen molar-refractivity contribution in [2.75, 3.05) is 24.7 Å². The van der Waals surface area contributed by atoms with Gasteiger partial charge in [-0.05, 0) is 84.0 Å². The summed E-state index contributed by atoms with van der Waals surface area (Å²) in [5.74, 6) is -1.05. The number of rotatable bonds is 15. The number of nitrogens with two attached hydrogens (primary N) is 1. The third-order valence-corrected chi connectivity index (χ3v) is 11.2. The maximum absolute atomic E-state index is 12.8. The number of anilines is 1. The largest absolute Gasteiger partial charge is 0.505 e. The molecule has 0 saturated heterocycles. The normalized spacial score (nSPS) is 12.7. The summed E-state index contributed by atoms with van der Waals surface area (Å²) < 4.78 is 133. The highest BCUT2D eigenvalue weighted by Crippen LogP contribution is 2.46. The zero-order valence-corrected chi connectivity index (χ0v) is 31.4. The Morgan fingerprint density at radius 3 is 2.17 bits per heavy atom. The molecule has 0 aliphatic rings. The summed E-state index contributed by atoms with van der Waals surface area (Å²) in [6.45, 7) is 2.43. The SMILES string of the molecule is CCOCCCS(=O)(=O)c1cccc(N=Nc2c(S(=O)(=O)O)cc3c(N=Nc4ccc(SC#COOS(=O)(=O)O)cc4S(=O)(=O)O)c(N)ccc3c2O)c1. The van der Waals surface area contributed by atoms with Crippen molar-refractivity contribution in [2.24, 2.45) is 20.5 Å². The first kappa shape index (κ1) is 42.0. The fourth-order valence-electron chi connectivity index (χ4n) is 4.39. The van der Waals surface area contributed by atoms with Gasteiger partial charge in [0.25, 0.3) is 20.2 Å². The lowest BCUT2D eigenvalue weighted by Gasteiger charge is -2.12. The van der Waals surface area contributed by atoms with Gasteiger partial charge >= 0.3 is 10.4 Å². The number of sulfone groups is 1. The molecule has 4 aromatic rings. The van der Waals surface area contributed by atoms with Gasteiger partial charge in [-0.25, -0.2) is 8.42 Å². The molecule has 0 unspecified atom stereocenters. The van der Waals surface area contributed by atoms with Crippen LogP contribution in [0.2, 0.25) is 0 Å². The number of nitrogen functional groups attached to an aromatic ring is 1. The molecule has 25 heteroatoms. The van der Waals surface area contributed by atoms with Crippen LogP contribution in [0, 0.1) is 11.4 Å². The summed E-state index contributed by atoms with van der Waals surface area (Å²) >= 11 is 0.578. The van der Waals surface area contributed by atoms with Crippen molar-refractivity contribution in [3.05, 3.63) is 60.7 Å². The molecular weight excluding hydrogens is 819 g/mol. The molecule has 4 aromatic carbocycles. The van der Waals surface area contributed by atoms with E-state index < -0.39 is 67.4 Å². The maximum atomic E-state index is 12.8. The molecule has 54 heavy (non-hydrogen) atoms. The number of phenolic OH excluding ortho intramolecular Hbond substituents is 1. The van der Waals surface area contributed by atoms with E-state index in [9.17, 15) is 47.9 Å². The maximum Gasteiger partial charge on any atom is 0.433 e. The first-order valence-corrected chi connectivity index (χ1v) is 21.3. The van der Waals surface area contributed by atoms with Gasteiger partial charge in [-0.3, -0.25) is 18.5 Å². The second-order valence-electron chi connectivity index (χ2n) is 10.4. The van der Waals surface area contributed by atoms with E-state index in [1.165, 1.54) is 42.5 Å². The van der Waals surface area contributed by atoms with Crippen molar-refractivity contribution in [1.82, 2.24) is 0 Å². The summed E-state index contributed by atoms with van der Waals surface area (Å²) in [4.78, 5) is 2.15. The number of benzene rings is 4. The molecule has 20 nitrogen and oxygen atoms in total. The Kier molecular flexibility index (Phi) is 13.3. The molecular formula is C29H27N5O15S5. The predicted octanol–water partition coefficient (Wildman–Crippen LogP) is 5.41. The van der Waals surface area contributed by atoms with E-state index in [2.05, 4.69) is 34.9 Å². The van der Waals surface area contributed by atoms with Gasteiger partial charge in [-0.1, -0.05) is 6.07 Å². The Morgan fingerprint density at radius 2 is 1.50 bits per heavy atom. The van der Waals surface area contributed by atoms with E-state index in [1.807, 2.05) is 0 Å². The molecule has 288 valence electrons. The Morgan fingerprint density at radius 1 is 0.796 bits per heavy atom. The summed E-state index contributed by atoms with van der Waals surface area (Å²) in [6.07, 6.45) is 1.99. The van der Waals surface area contributed by atoms with Gasteiger partial charge in [-0.2, -0.15) is 30.4 Å². The number of nitrogens with zero attached hydrogens (tertiary/aromatic N) is 4. The van der Waals surface area contributed by atoms with E-state index in [0.717, 1.165) is 18.2 Å². The molecule has 0 heterocycles. The van der Waals surface area contributed by atoms with Crippen molar-refractivity contribution in [1.29, 1.82) is 0 Å². The van der Waals surface area contributed by atoms with Gasteiger partial charge in [0.05, 0.1) is 22.0 Å². The van der Waals surface area contributed by atoms with Crippen LogP contribution in [0.3, 0.4) is 0 Å². The molecule has 6 N–H and O–H groups in total. The highest BCUT2D eigenvalue weighted by atomic mass is 32.3. The molecule has 0 aliphatic heterocycles. The fourth-order valence-corrected chi connectivity index (χ4v) is 7.71. The lowest BCUT2D eigenvalue weighted by Crippen LogP contribution is -2.09. The van der Waals surface area contributed by atoms with Crippen LogP contribution in [0.1, 0.15) is 13.3 Å². The van der Waals surface area contributed by atoms with E-state index >= 15 is 0 Å². The number of hydrogen-bond acceptors (Lipinski definition) is 18. The monoisotopic (exact) mass is 845 g/mol. The number of ether oxygens (including phenoxy) is 1. The quantitative estimate of drug-likeness (QED) is 0.0146. The number of thioether (sulfide) groups is 1. The molecule has 0 amide bonds. The highest BCUT2D eigenvalue weighted by molar-refractivity contribution is 8.04. The highest BCUT2D eigenvalue weighted by Gasteiger charge is 2.25. The first-order chi connectivity index (χ1) is 25.2. The molecule has 0 bridgehead atoms. The molecule has 0 atom stereocenters. The Balaban J connectivity index is 1.74. The number of hydrogen-bond donors (Lipinski definition) is 5. The molecule has 4 rings (SSSR count). The van der Waals surface area contributed by atoms with Gasteiger partial charge in [0.2, 0.25) is 0 Å². The molecule has 0 fully saturated rings. The van der Waals surface area contributed by atoms with Crippen LogP contribution in [0.5, 0.6) is 5.75 Å². The van der Waals surface area contributed by atoms with Gasteiger partial charge < -0.3 is 15.6 Å². The van der Waals surface area contributed by atoms with Crippen LogP contribution in [-0.2, 0) is 54.4 Å². The van der Waals surface area contributed by atoms with E-state index in [1.54, 1.807) is 13.0 Å². The zero-order valence-electron chi connectivity index (χ0n) is 27.3. The summed E-state index contributed by atoms with van der Waals surface area (Å²) in [6, 6.07) is 11.8. The number of phenols is 1. The first-order valence-electron chi connectivity index (χ1n) is 14.6. The third kappa shape index (κ3) is 11.1. The van der Waals surface area contributed by atoms with Crippen LogP contribution >= 0.6 is 11.8 Å². The van der Waals surface area contributed by atoms with Crippen molar-refractivity contribution in [3.8, 4) is 17.1 Å². The minimum absolute atomic E-state index is 0.0425. The van der Waals surface area contributed by atoms with E-state index in [0.29, 0.717) is 18.4 Å². The summed E-state index contributed by atoms with van der Waals surface area (Å²) in [5.41, 5.74) is 4.36. The van der Waals surface area contributed by atoms with E-state index in [-0.39, 0.29) is 56.4 Å². The standard InChI is InChI=1S/C29H27N5O15S5/c1-2-47-11-4-14-51(36,37)20-6-3-5-18(15-20)31-34-28-26(53(41,42)43)17-22-21(29(28)35)8-9-23(30)27(22)33-32-24-10-7-19(16-25(24)52(38,39)40)50-13-12-48-49-54(44,45)46/h3,5-10,15-17,35H,2,4,11,14,30H2,1H3,(H,38,39,40)(H,41,42,43)(H,44,45,46). The average Bonchev–Trinajstić information content (AvgIpc) is 3.08. The van der Waals surface area contributed by atoms with Gasteiger partial charge in [0.15, 0.2) is 21.7 Å². The Hall–Kier alpha value is -4.75. The molecule has 0 saturated carbocycles. The lowest BCUT2D eigenvalue weighted by atomic mass is 10.1. The third-order valence-electron chi connectivity index (χ3n) is 6.70. The number of aromatic hydroxyl groups is 1. The molecule has 0 spiro atoms. The smallest absolute Gasteiger partial charge is 0.433 e. The Bertz CT molecular complexity index is 2660. The molecule has 0 aromatic heterocycles. The average molecular weight is 846 g/mol. The second-order valence-corrected chi connectivity index (χ2v) is 17.2. The minimum atomic E-state index is -5.16. The van der Waals surface area contributed by atoms with Crippen LogP contribution in [0.25, 0.3) is 10.8 Å². The Labute approximate surface area is 312 Å². The fraction of sp³-hybridized carbons (Fsp3) is 0.172. The van der Waals surface area contributed by atoms with Crippen molar-refractivity contribution >= 4 is 91.4 Å². The topological polar surface area (TPSA) is 321 Å². The second kappa shape index (κ2) is 17.2. The van der Waals surface area contributed by atoms with Crippen molar-refractivity contribution in [3.63, 3.8) is 0 Å². The van der Waals surface area contributed by atoms with E-state index in [4.69, 9.17) is 15.0 Å². The van der Waals surface area contributed by atoms with Gasteiger partial charge in [-0.15, -0.1) is 15.3 Å². The minimum Gasteiger partial charge on any atom is -0.505 e. The van der Waals surface area contributed by atoms with Crippen LogP contribution in [0.15, 0.2) is 101 Å². The van der Waals surface area contributed by atoms with Crippen molar-refractivity contribution < 1.29 is 66.4 Å².